The number of nitrogens with one attached hydrogen (secondary N) is 1. The van der Waals surface area contributed by atoms with Gasteiger partial charge in [-0.15, -0.1) is 0 Å². The van der Waals surface area contributed by atoms with Crippen LogP contribution in [-0.4, -0.2) is 50.5 Å². The molecular formula is C29H32Cl2FN3O4S. The smallest absolute Gasteiger partial charge is 0.244 e. The van der Waals surface area contributed by atoms with Gasteiger partial charge in [0.2, 0.25) is 21.8 Å². The minimum Gasteiger partial charge on any atom is -0.354 e. The summed E-state index contributed by atoms with van der Waals surface area (Å²) in [4.78, 5) is 28.9. The van der Waals surface area contributed by atoms with Crippen LogP contribution in [-0.2, 0) is 32.6 Å². The highest BCUT2D eigenvalue weighted by atomic mass is 35.5. The van der Waals surface area contributed by atoms with Gasteiger partial charge in [0.15, 0.2) is 0 Å². The van der Waals surface area contributed by atoms with Crippen molar-refractivity contribution < 1.29 is 22.4 Å². The molecule has 0 bridgehead atoms. The Kier molecular flexibility index (Phi) is 11.0. The number of anilines is 1. The van der Waals surface area contributed by atoms with Crippen molar-refractivity contribution in [3.05, 3.63) is 99.8 Å². The number of hydrogen-bond donors (Lipinski definition) is 1. The van der Waals surface area contributed by atoms with Crippen LogP contribution in [0.4, 0.5) is 10.1 Å². The molecular weight excluding hydrogens is 576 g/mol. The number of rotatable bonds is 12. The zero-order valence-electron chi connectivity index (χ0n) is 22.5. The summed E-state index contributed by atoms with van der Waals surface area (Å²) in [5, 5.41) is 3.52. The third-order valence-electron chi connectivity index (χ3n) is 6.09. The van der Waals surface area contributed by atoms with Crippen molar-refractivity contribution in [1.82, 2.24) is 10.2 Å². The van der Waals surface area contributed by atoms with Crippen molar-refractivity contribution in [2.24, 2.45) is 5.92 Å². The van der Waals surface area contributed by atoms with Crippen molar-refractivity contribution in [2.45, 2.75) is 32.9 Å². The highest BCUT2D eigenvalue weighted by Gasteiger charge is 2.33. The quantitative estimate of drug-likeness (QED) is 0.302. The van der Waals surface area contributed by atoms with Gasteiger partial charge in [-0.3, -0.25) is 13.9 Å². The van der Waals surface area contributed by atoms with E-state index >= 15 is 0 Å². The lowest BCUT2D eigenvalue weighted by Gasteiger charge is -2.33. The number of halogens is 3. The first-order valence-electron chi connectivity index (χ1n) is 12.6. The lowest BCUT2D eigenvalue weighted by molar-refractivity contribution is -0.140. The van der Waals surface area contributed by atoms with Crippen molar-refractivity contribution in [2.75, 3.05) is 23.7 Å². The third kappa shape index (κ3) is 8.94. The molecule has 0 unspecified atom stereocenters. The Balaban J connectivity index is 2.06. The Labute approximate surface area is 244 Å². The number of nitrogens with zero attached hydrogens (tertiary/aromatic N) is 2. The van der Waals surface area contributed by atoms with E-state index in [1.54, 1.807) is 18.2 Å². The molecule has 0 fully saturated rings. The Morgan fingerprint density at radius 1 is 0.925 bits per heavy atom. The van der Waals surface area contributed by atoms with Crippen LogP contribution in [0.1, 0.15) is 25.0 Å². The Morgan fingerprint density at radius 2 is 1.57 bits per heavy atom. The minimum absolute atomic E-state index is 0.0384. The van der Waals surface area contributed by atoms with Crippen molar-refractivity contribution >= 4 is 50.7 Å². The highest BCUT2D eigenvalue weighted by molar-refractivity contribution is 7.92. The van der Waals surface area contributed by atoms with E-state index in [1.807, 2.05) is 44.2 Å². The van der Waals surface area contributed by atoms with Crippen molar-refractivity contribution in [3.8, 4) is 0 Å². The molecule has 0 aliphatic heterocycles. The highest BCUT2D eigenvalue weighted by Crippen LogP contribution is 2.25. The van der Waals surface area contributed by atoms with E-state index in [4.69, 9.17) is 23.2 Å². The SMILES string of the molecule is CC(C)CNC(=O)[C@@H](Cc1ccccc1)N(Cc1ccc(Cl)c(Cl)c1)C(=O)CN(c1ccc(F)cc1)S(C)(=O)=O. The van der Waals surface area contributed by atoms with Crippen LogP contribution in [0.5, 0.6) is 0 Å². The molecule has 3 aromatic rings. The molecule has 0 aliphatic carbocycles. The first-order chi connectivity index (χ1) is 18.8. The average molecular weight is 609 g/mol. The lowest BCUT2D eigenvalue weighted by Crippen LogP contribution is -2.53. The first kappa shape index (κ1) is 31.4. The molecule has 0 saturated heterocycles. The summed E-state index contributed by atoms with van der Waals surface area (Å²) in [5.41, 5.74) is 1.54. The minimum atomic E-state index is -3.95. The topological polar surface area (TPSA) is 86.8 Å². The summed E-state index contributed by atoms with van der Waals surface area (Å²) in [6.07, 6.45) is 1.15. The number of benzene rings is 3. The van der Waals surface area contributed by atoms with Crippen LogP contribution in [0.15, 0.2) is 72.8 Å². The molecule has 40 heavy (non-hydrogen) atoms. The third-order valence-corrected chi connectivity index (χ3v) is 7.97. The predicted molar refractivity (Wildman–Crippen MR) is 157 cm³/mol. The second kappa shape index (κ2) is 14.0. The molecule has 0 aromatic heterocycles. The van der Waals surface area contributed by atoms with Crippen LogP contribution in [0, 0.1) is 11.7 Å². The zero-order valence-corrected chi connectivity index (χ0v) is 24.8. The van der Waals surface area contributed by atoms with Gasteiger partial charge >= 0.3 is 0 Å². The average Bonchev–Trinajstić information content (AvgIpc) is 2.90. The van der Waals surface area contributed by atoms with Crippen LogP contribution in [0.25, 0.3) is 0 Å². The molecule has 214 valence electrons. The summed E-state index contributed by atoms with van der Waals surface area (Å²) >= 11 is 12.3. The number of carbonyl (C=O) groups excluding carboxylic acids is 2. The number of hydrogen-bond acceptors (Lipinski definition) is 4. The van der Waals surface area contributed by atoms with Gasteiger partial charge < -0.3 is 10.2 Å². The van der Waals surface area contributed by atoms with Gasteiger partial charge in [-0.2, -0.15) is 0 Å². The lowest BCUT2D eigenvalue weighted by atomic mass is 10.0. The predicted octanol–water partition coefficient (Wildman–Crippen LogP) is 5.31. The number of carbonyl (C=O) groups is 2. The molecule has 1 atom stereocenters. The van der Waals surface area contributed by atoms with E-state index < -0.39 is 34.3 Å². The van der Waals surface area contributed by atoms with E-state index in [0.29, 0.717) is 17.1 Å². The molecule has 0 saturated carbocycles. The molecule has 1 N–H and O–H groups in total. The van der Waals surface area contributed by atoms with Gasteiger partial charge in [-0.25, -0.2) is 12.8 Å². The second-order valence-corrected chi connectivity index (χ2v) is 12.6. The summed E-state index contributed by atoms with van der Waals surface area (Å²) < 4.78 is 39.9. The number of amides is 2. The van der Waals surface area contributed by atoms with Gasteiger partial charge in [0.1, 0.15) is 18.4 Å². The standard InChI is InChI=1S/C29H32Cl2FN3O4S/c1-20(2)17-33-29(37)27(16-21-7-5-4-6-8-21)34(18-22-9-14-25(30)26(31)15-22)28(36)19-35(40(3,38)39)24-12-10-23(32)11-13-24/h4-15,20,27H,16-19H2,1-3H3,(H,33,37)/t27-/m1/s1. The summed E-state index contributed by atoms with van der Waals surface area (Å²) in [7, 11) is -3.95. The fourth-order valence-electron chi connectivity index (χ4n) is 4.03. The van der Waals surface area contributed by atoms with E-state index in [2.05, 4.69) is 5.32 Å². The van der Waals surface area contributed by atoms with Crippen LogP contribution in [0.2, 0.25) is 10.0 Å². The maximum absolute atomic E-state index is 14.0. The zero-order chi connectivity index (χ0) is 29.4. The van der Waals surface area contributed by atoms with Crippen molar-refractivity contribution in [1.29, 1.82) is 0 Å². The molecule has 0 heterocycles. The molecule has 3 rings (SSSR count). The molecule has 11 heteroatoms. The second-order valence-electron chi connectivity index (χ2n) is 9.86. The largest absolute Gasteiger partial charge is 0.354 e. The Hall–Kier alpha value is -3.14. The van der Waals surface area contributed by atoms with E-state index in [0.717, 1.165) is 28.3 Å². The molecule has 0 spiro atoms. The van der Waals surface area contributed by atoms with Crippen LogP contribution >= 0.6 is 23.2 Å². The van der Waals surface area contributed by atoms with Gasteiger partial charge in [-0.05, 0) is 53.4 Å². The van der Waals surface area contributed by atoms with Crippen LogP contribution < -0.4 is 9.62 Å². The Morgan fingerprint density at radius 3 is 2.15 bits per heavy atom. The van der Waals surface area contributed by atoms with Gasteiger partial charge in [0.05, 0.1) is 22.0 Å². The Bertz CT molecular complexity index is 1420. The van der Waals surface area contributed by atoms with Gasteiger partial charge in [0.25, 0.3) is 0 Å². The van der Waals surface area contributed by atoms with E-state index in [-0.39, 0.29) is 35.5 Å². The molecule has 0 radical (unpaired) electrons. The van der Waals surface area contributed by atoms with Crippen molar-refractivity contribution in [3.63, 3.8) is 0 Å². The summed E-state index contributed by atoms with van der Waals surface area (Å²) in [5.74, 6) is -1.38. The fraction of sp³-hybridized carbons (Fsp3) is 0.310. The molecule has 3 aromatic carbocycles. The first-order valence-corrected chi connectivity index (χ1v) is 15.2. The molecule has 0 aliphatic rings. The van der Waals surface area contributed by atoms with Gasteiger partial charge in [0, 0.05) is 19.5 Å². The van der Waals surface area contributed by atoms with Crippen LogP contribution in [0.3, 0.4) is 0 Å². The molecule has 7 nitrogen and oxygen atoms in total. The number of sulfonamides is 1. The maximum atomic E-state index is 14.0. The van der Waals surface area contributed by atoms with E-state index in [1.165, 1.54) is 17.0 Å². The monoisotopic (exact) mass is 607 g/mol. The summed E-state index contributed by atoms with van der Waals surface area (Å²) in [6.45, 7) is 3.66. The van der Waals surface area contributed by atoms with E-state index in [9.17, 15) is 22.4 Å². The molecule has 2 amide bonds. The normalized spacial score (nSPS) is 12.2. The summed E-state index contributed by atoms with van der Waals surface area (Å²) in [6, 6.07) is 17.9. The fourth-order valence-corrected chi connectivity index (χ4v) is 5.20. The van der Waals surface area contributed by atoms with Gasteiger partial charge in [-0.1, -0.05) is 73.4 Å². The maximum Gasteiger partial charge on any atom is 0.244 e.